The van der Waals surface area contributed by atoms with E-state index in [0.717, 1.165) is 11.1 Å². The maximum absolute atomic E-state index is 12.2. The zero-order chi connectivity index (χ0) is 17.7. The van der Waals surface area contributed by atoms with Crippen molar-refractivity contribution in [3.05, 3.63) is 35.4 Å². The third-order valence-electron chi connectivity index (χ3n) is 4.41. The number of cyclic esters (lactones) is 2. The molecular weight excluding hydrogens is 312 g/mol. The monoisotopic (exact) mass is 332 g/mol. The highest BCUT2D eigenvalue weighted by Crippen LogP contribution is 2.29. The summed E-state index contributed by atoms with van der Waals surface area (Å²) in [4.78, 5) is 46.6. The molecule has 1 fully saturated rings. The lowest BCUT2D eigenvalue weighted by Crippen LogP contribution is -2.30. The number of carbonyl (C=O) groups is 4. The van der Waals surface area contributed by atoms with E-state index in [1.165, 1.54) is 7.11 Å². The zero-order valence-corrected chi connectivity index (χ0v) is 13.7. The number of aryl methyl sites for hydroxylation is 1. The molecule has 0 N–H and O–H groups in total. The highest BCUT2D eigenvalue weighted by molar-refractivity contribution is 5.94. The van der Waals surface area contributed by atoms with Crippen molar-refractivity contribution in [2.24, 2.45) is 17.8 Å². The van der Waals surface area contributed by atoms with Crippen molar-refractivity contribution in [2.45, 2.75) is 26.2 Å². The normalized spacial score (nSPS) is 19.5. The first kappa shape index (κ1) is 17.8. The smallest absolute Gasteiger partial charge is 0.317 e. The fourth-order valence-electron chi connectivity index (χ4n) is 2.98. The maximum Gasteiger partial charge on any atom is 0.317 e. The number of benzene rings is 1. The summed E-state index contributed by atoms with van der Waals surface area (Å²) in [7, 11) is 1.27. The Bertz CT molecular complexity index is 651. The van der Waals surface area contributed by atoms with Crippen LogP contribution in [0.15, 0.2) is 24.3 Å². The molecule has 1 aromatic carbocycles. The Kier molecular flexibility index (Phi) is 5.84. The van der Waals surface area contributed by atoms with E-state index in [1.54, 1.807) is 0 Å². The molecule has 128 valence electrons. The van der Waals surface area contributed by atoms with Gasteiger partial charge in [-0.05, 0) is 30.9 Å². The fourth-order valence-corrected chi connectivity index (χ4v) is 2.98. The van der Waals surface area contributed by atoms with Gasteiger partial charge in [0.15, 0.2) is 0 Å². The van der Waals surface area contributed by atoms with Crippen molar-refractivity contribution >= 4 is 24.2 Å². The Hall–Kier alpha value is -2.50. The van der Waals surface area contributed by atoms with Crippen molar-refractivity contribution < 1.29 is 28.7 Å². The summed E-state index contributed by atoms with van der Waals surface area (Å²) >= 11 is 0. The molecule has 0 aromatic heterocycles. The lowest BCUT2D eigenvalue weighted by atomic mass is 9.81. The molecule has 1 saturated heterocycles. The van der Waals surface area contributed by atoms with Crippen molar-refractivity contribution in [1.82, 2.24) is 0 Å². The summed E-state index contributed by atoms with van der Waals surface area (Å²) in [6, 6.07) is 7.57. The van der Waals surface area contributed by atoms with Gasteiger partial charge in [-0.2, -0.15) is 0 Å². The summed E-state index contributed by atoms with van der Waals surface area (Å²) in [6.07, 6.45) is 1.04. The maximum atomic E-state index is 12.2. The molecule has 0 radical (unpaired) electrons. The van der Waals surface area contributed by atoms with E-state index in [9.17, 15) is 19.2 Å². The summed E-state index contributed by atoms with van der Waals surface area (Å²) in [6.45, 7) is 1.92. The second-order valence-corrected chi connectivity index (χ2v) is 5.99. The van der Waals surface area contributed by atoms with E-state index in [0.29, 0.717) is 12.7 Å². The molecule has 1 aromatic rings. The Morgan fingerprint density at radius 1 is 1.38 bits per heavy atom. The van der Waals surface area contributed by atoms with Crippen LogP contribution in [-0.2, 0) is 35.1 Å². The van der Waals surface area contributed by atoms with Crippen LogP contribution in [-0.4, -0.2) is 31.3 Å². The van der Waals surface area contributed by atoms with Gasteiger partial charge in [-0.3, -0.25) is 14.4 Å². The van der Waals surface area contributed by atoms with E-state index < -0.39 is 35.7 Å². The van der Waals surface area contributed by atoms with Gasteiger partial charge in [0.2, 0.25) is 0 Å². The molecule has 0 aliphatic carbocycles. The van der Waals surface area contributed by atoms with Gasteiger partial charge < -0.3 is 14.3 Å². The summed E-state index contributed by atoms with van der Waals surface area (Å²) in [5.74, 6) is -3.85. The predicted octanol–water partition coefficient (Wildman–Crippen LogP) is 1.62. The van der Waals surface area contributed by atoms with Crippen LogP contribution in [0.1, 0.15) is 24.0 Å². The van der Waals surface area contributed by atoms with Crippen molar-refractivity contribution in [3.63, 3.8) is 0 Å². The van der Waals surface area contributed by atoms with Gasteiger partial charge in [-0.25, -0.2) is 0 Å². The van der Waals surface area contributed by atoms with Crippen LogP contribution in [0.4, 0.5) is 0 Å². The molecule has 6 heteroatoms. The number of ether oxygens (including phenoxy) is 2. The molecule has 24 heavy (non-hydrogen) atoms. The second-order valence-electron chi connectivity index (χ2n) is 5.99. The molecule has 0 spiro atoms. The van der Waals surface area contributed by atoms with Crippen LogP contribution < -0.4 is 0 Å². The van der Waals surface area contributed by atoms with E-state index in [2.05, 4.69) is 4.74 Å². The van der Waals surface area contributed by atoms with Gasteiger partial charge in [-0.15, -0.1) is 0 Å². The number of methoxy groups -OCH3 is 1. The Morgan fingerprint density at radius 2 is 2.08 bits per heavy atom. The summed E-state index contributed by atoms with van der Waals surface area (Å²) in [5, 5.41) is 0. The highest BCUT2D eigenvalue weighted by atomic mass is 16.6. The van der Waals surface area contributed by atoms with Crippen molar-refractivity contribution in [3.8, 4) is 0 Å². The molecule has 3 atom stereocenters. The Morgan fingerprint density at radius 3 is 2.62 bits per heavy atom. The minimum Gasteiger partial charge on any atom is -0.469 e. The molecule has 1 aliphatic rings. The first-order valence-corrected chi connectivity index (χ1v) is 7.78. The summed E-state index contributed by atoms with van der Waals surface area (Å²) in [5.41, 5.74) is 1.94. The van der Waals surface area contributed by atoms with Gasteiger partial charge in [0.1, 0.15) is 6.29 Å². The minimum absolute atomic E-state index is 0.0541. The number of aldehydes is 1. The molecule has 0 amide bonds. The van der Waals surface area contributed by atoms with Gasteiger partial charge >= 0.3 is 17.9 Å². The molecule has 6 nitrogen and oxygen atoms in total. The van der Waals surface area contributed by atoms with Crippen LogP contribution in [0.25, 0.3) is 0 Å². The second kappa shape index (κ2) is 7.86. The predicted molar refractivity (Wildman–Crippen MR) is 83.8 cm³/mol. The highest BCUT2D eigenvalue weighted by Gasteiger charge is 2.39. The molecule has 3 unspecified atom stereocenters. The third-order valence-corrected chi connectivity index (χ3v) is 4.41. The number of hydrogen-bond donors (Lipinski definition) is 0. The first-order valence-electron chi connectivity index (χ1n) is 7.78. The van der Waals surface area contributed by atoms with Crippen LogP contribution in [0.5, 0.6) is 0 Å². The largest absolute Gasteiger partial charge is 0.469 e. The molecule has 0 saturated carbocycles. The zero-order valence-electron chi connectivity index (χ0n) is 13.7. The van der Waals surface area contributed by atoms with Gasteiger partial charge in [0.25, 0.3) is 0 Å². The average molecular weight is 332 g/mol. The average Bonchev–Trinajstić information content (AvgIpc) is 2.89. The quantitative estimate of drug-likeness (QED) is 0.428. The van der Waals surface area contributed by atoms with Crippen LogP contribution in [0, 0.1) is 24.7 Å². The van der Waals surface area contributed by atoms with Crippen molar-refractivity contribution in [1.29, 1.82) is 0 Å². The lowest BCUT2D eigenvalue weighted by molar-refractivity contribution is -0.154. The van der Waals surface area contributed by atoms with Gasteiger partial charge in [-0.1, -0.05) is 24.3 Å². The van der Waals surface area contributed by atoms with E-state index in [4.69, 9.17) is 4.74 Å². The minimum atomic E-state index is -0.722. The van der Waals surface area contributed by atoms with Gasteiger partial charge in [0, 0.05) is 5.92 Å². The van der Waals surface area contributed by atoms with Crippen molar-refractivity contribution in [2.75, 3.05) is 7.11 Å². The van der Waals surface area contributed by atoms with Crippen LogP contribution in [0.2, 0.25) is 0 Å². The first-order chi connectivity index (χ1) is 11.5. The van der Waals surface area contributed by atoms with E-state index in [-0.39, 0.29) is 12.8 Å². The van der Waals surface area contributed by atoms with Crippen LogP contribution in [0.3, 0.4) is 0 Å². The molecule has 1 aliphatic heterocycles. The topological polar surface area (TPSA) is 86.7 Å². The standard InChI is InChI=1S/C18H20O6/c1-11-5-3-4-6-12(11)8-15(18(22)23-2)14(10-19)7-13-9-16(20)24-17(13)21/h3-6,10,13-15H,7-9H2,1-2H3. The molecule has 1 heterocycles. The van der Waals surface area contributed by atoms with E-state index in [1.807, 2.05) is 31.2 Å². The van der Waals surface area contributed by atoms with Gasteiger partial charge in [0.05, 0.1) is 25.4 Å². The number of hydrogen-bond acceptors (Lipinski definition) is 6. The molecule has 0 bridgehead atoms. The number of rotatable bonds is 7. The van der Waals surface area contributed by atoms with E-state index >= 15 is 0 Å². The molecular formula is C18H20O6. The number of esters is 3. The lowest BCUT2D eigenvalue weighted by Gasteiger charge is -2.22. The summed E-state index contributed by atoms with van der Waals surface area (Å²) < 4.78 is 9.35. The SMILES string of the molecule is COC(=O)C(Cc1ccccc1C)C(C=O)CC1CC(=O)OC1=O. The Balaban J connectivity index is 2.19. The molecule has 2 rings (SSSR count). The number of carbonyl (C=O) groups excluding carboxylic acids is 4. The van der Waals surface area contributed by atoms with Crippen LogP contribution >= 0.6 is 0 Å². The fraction of sp³-hybridized carbons (Fsp3) is 0.444. The third kappa shape index (κ3) is 4.07. The Labute approximate surface area is 140 Å².